The second-order valence-corrected chi connectivity index (χ2v) is 4.16. The molecule has 2 rings (SSSR count). The highest BCUT2D eigenvalue weighted by Gasteiger charge is 2.16. The van der Waals surface area contributed by atoms with Crippen molar-refractivity contribution in [3.8, 4) is 5.75 Å². The van der Waals surface area contributed by atoms with Crippen molar-refractivity contribution in [2.75, 3.05) is 0 Å². The second-order valence-electron chi connectivity index (χ2n) is 4.16. The molecule has 90 valence electrons. The number of benzene rings is 1. The molecule has 0 radical (unpaired) electrons. The summed E-state index contributed by atoms with van der Waals surface area (Å²) in [5, 5.41) is 10.2. The Morgan fingerprint density at radius 2 is 1.94 bits per heavy atom. The summed E-state index contributed by atoms with van der Waals surface area (Å²) in [4.78, 5) is 0. The van der Waals surface area contributed by atoms with Gasteiger partial charge in [0.1, 0.15) is 11.9 Å². The number of furan rings is 1. The zero-order valence-electron chi connectivity index (χ0n) is 9.96. The fourth-order valence-electron chi connectivity index (χ4n) is 1.68. The van der Waals surface area contributed by atoms with Crippen LogP contribution >= 0.6 is 0 Å². The van der Waals surface area contributed by atoms with Crippen LogP contribution in [0.15, 0.2) is 47.3 Å². The van der Waals surface area contributed by atoms with E-state index in [1.165, 1.54) is 6.26 Å². The first-order chi connectivity index (χ1) is 8.18. The van der Waals surface area contributed by atoms with Gasteiger partial charge in [-0.3, -0.25) is 0 Å². The first-order valence-corrected chi connectivity index (χ1v) is 5.64. The van der Waals surface area contributed by atoms with Gasteiger partial charge in [-0.05, 0) is 26.0 Å². The van der Waals surface area contributed by atoms with Crippen molar-refractivity contribution < 1.29 is 14.3 Å². The number of aliphatic hydroxyl groups excluding tert-OH is 1. The molecule has 0 aliphatic rings. The zero-order valence-corrected chi connectivity index (χ0v) is 9.96. The van der Waals surface area contributed by atoms with Crippen LogP contribution in [0.3, 0.4) is 0 Å². The Balaban J connectivity index is 2.31. The molecule has 1 aromatic carbocycles. The van der Waals surface area contributed by atoms with Crippen LogP contribution in [-0.4, -0.2) is 11.2 Å². The maximum Gasteiger partial charge on any atom is 0.125 e. The lowest BCUT2D eigenvalue weighted by Gasteiger charge is -2.17. The fraction of sp³-hybridized carbons (Fsp3) is 0.286. The third-order valence-corrected chi connectivity index (χ3v) is 2.44. The predicted molar refractivity (Wildman–Crippen MR) is 65.0 cm³/mol. The largest absolute Gasteiger partial charge is 0.491 e. The topological polar surface area (TPSA) is 42.6 Å². The highest BCUT2D eigenvalue weighted by molar-refractivity contribution is 5.39. The lowest BCUT2D eigenvalue weighted by Crippen LogP contribution is -2.09. The summed E-state index contributed by atoms with van der Waals surface area (Å²) >= 11 is 0. The van der Waals surface area contributed by atoms with Gasteiger partial charge in [0.25, 0.3) is 0 Å². The van der Waals surface area contributed by atoms with E-state index in [1.807, 2.05) is 38.1 Å². The summed E-state index contributed by atoms with van der Waals surface area (Å²) in [5.74, 6) is 0.705. The molecule has 0 fully saturated rings. The van der Waals surface area contributed by atoms with Gasteiger partial charge in [-0.2, -0.15) is 0 Å². The monoisotopic (exact) mass is 232 g/mol. The van der Waals surface area contributed by atoms with Crippen LogP contribution < -0.4 is 4.74 Å². The van der Waals surface area contributed by atoms with Gasteiger partial charge in [0.15, 0.2) is 0 Å². The molecular weight excluding hydrogens is 216 g/mol. The SMILES string of the molecule is CC(C)Oc1ccccc1C(O)c1ccoc1. The Morgan fingerprint density at radius 1 is 1.18 bits per heavy atom. The average Bonchev–Trinajstić information content (AvgIpc) is 2.81. The minimum atomic E-state index is -0.719. The van der Waals surface area contributed by atoms with Crippen LogP contribution in [0, 0.1) is 0 Å². The number of ether oxygens (including phenoxy) is 1. The molecule has 2 aromatic rings. The molecule has 0 amide bonds. The van der Waals surface area contributed by atoms with Gasteiger partial charge in [-0.15, -0.1) is 0 Å². The Labute approximate surface area is 101 Å². The highest BCUT2D eigenvalue weighted by atomic mass is 16.5. The third-order valence-electron chi connectivity index (χ3n) is 2.44. The lowest BCUT2D eigenvalue weighted by molar-refractivity contribution is 0.197. The van der Waals surface area contributed by atoms with E-state index in [1.54, 1.807) is 12.3 Å². The molecule has 0 spiro atoms. The first-order valence-electron chi connectivity index (χ1n) is 5.64. The van der Waals surface area contributed by atoms with E-state index in [4.69, 9.17) is 9.15 Å². The number of rotatable bonds is 4. The van der Waals surface area contributed by atoms with Crippen molar-refractivity contribution in [2.24, 2.45) is 0 Å². The summed E-state index contributed by atoms with van der Waals surface area (Å²) in [7, 11) is 0. The predicted octanol–water partition coefficient (Wildman–Crippen LogP) is 3.15. The van der Waals surface area contributed by atoms with Crippen LogP contribution in [0.25, 0.3) is 0 Å². The Morgan fingerprint density at radius 3 is 2.59 bits per heavy atom. The molecule has 1 aromatic heterocycles. The maximum atomic E-state index is 10.2. The van der Waals surface area contributed by atoms with E-state index in [2.05, 4.69) is 0 Å². The molecule has 1 atom stereocenters. The normalized spacial score (nSPS) is 12.7. The minimum Gasteiger partial charge on any atom is -0.491 e. The maximum absolute atomic E-state index is 10.2. The summed E-state index contributed by atoms with van der Waals surface area (Å²) < 4.78 is 10.7. The van der Waals surface area contributed by atoms with Crippen molar-refractivity contribution in [1.82, 2.24) is 0 Å². The van der Waals surface area contributed by atoms with Gasteiger partial charge in [0.2, 0.25) is 0 Å². The summed E-state index contributed by atoms with van der Waals surface area (Å²) in [6.07, 6.45) is 2.44. The number of hydrogen-bond donors (Lipinski definition) is 1. The second kappa shape index (κ2) is 5.06. The molecule has 1 heterocycles. The number of aliphatic hydroxyl groups is 1. The molecule has 3 nitrogen and oxygen atoms in total. The van der Waals surface area contributed by atoms with Gasteiger partial charge in [-0.25, -0.2) is 0 Å². The van der Waals surface area contributed by atoms with Gasteiger partial charge < -0.3 is 14.3 Å². The van der Waals surface area contributed by atoms with E-state index in [0.29, 0.717) is 5.75 Å². The smallest absolute Gasteiger partial charge is 0.125 e. The average molecular weight is 232 g/mol. The first kappa shape index (κ1) is 11.7. The van der Waals surface area contributed by atoms with Crippen LogP contribution in [-0.2, 0) is 0 Å². The van der Waals surface area contributed by atoms with Crippen molar-refractivity contribution in [2.45, 2.75) is 26.1 Å². The molecular formula is C14H16O3. The van der Waals surface area contributed by atoms with E-state index in [0.717, 1.165) is 11.1 Å². The highest BCUT2D eigenvalue weighted by Crippen LogP contribution is 2.30. The van der Waals surface area contributed by atoms with Crippen LogP contribution in [0.1, 0.15) is 31.1 Å². The van der Waals surface area contributed by atoms with Gasteiger partial charge in [0, 0.05) is 11.1 Å². The third kappa shape index (κ3) is 2.68. The van der Waals surface area contributed by atoms with E-state index >= 15 is 0 Å². The Bertz CT molecular complexity index is 460. The quantitative estimate of drug-likeness (QED) is 0.880. The van der Waals surface area contributed by atoms with Crippen molar-refractivity contribution in [3.05, 3.63) is 54.0 Å². The van der Waals surface area contributed by atoms with E-state index < -0.39 is 6.10 Å². The molecule has 0 bridgehead atoms. The summed E-state index contributed by atoms with van der Waals surface area (Å²) in [6, 6.07) is 9.24. The van der Waals surface area contributed by atoms with Gasteiger partial charge in [-0.1, -0.05) is 18.2 Å². The molecule has 17 heavy (non-hydrogen) atoms. The van der Waals surface area contributed by atoms with Crippen molar-refractivity contribution in [3.63, 3.8) is 0 Å². The van der Waals surface area contributed by atoms with E-state index in [-0.39, 0.29) is 6.10 Å². The molecule has 0 aliphatic heterocycles. The van der Waals surface area contributed by atoms with Crippen molar-refractivity contribution >= 4 is 0 Å². The molecule has 1 unspecified atom stereocenters. The van der Waals surface area contributed by atoms with Gasteiger partial charge in [0.05, 0.1) is 18.6 Å². The molecule has 1 N–H and O–H groups in total. The minimum absolute atomic E-state index is 0.0766. The number of hydrogen-bond acceptors (Lipinski definition) is 3. The standard InChI is InChI=1S/C14H16O3/c1-10(2)17-13-6-4-3-5-12(13)14(15)11-7-8-16-9-11/h3-10,14-15H,1-2H3. The Hall–Kier alpha value is -1.74. The van der Waals surface area contributed by atoms with E-state index in [9.17, 15) is 5.11 Å². The molecule has 0 saturated heterocycles. The Kier molecular flexibility index (Phi) is 3.49. The summed E-state index contributed by atoms with van der Waals surface area (Å²) in [5.41, 5.74) is 1.48. The molecule has 0 aliphatic carbocycles. The zero-order chi connectivity index (χ0) is 12.3. The summed E-state index contributed by atoms with van der Waals surface area (Å²) in [6.45, 7) is 3.92. The lowest BCUT2D eigenvalue weighted by atomic mass is 10.0. The van der Waals surface area contributed by atoms with Crippen LogP contribution in [0.4, 0.5) is 0 Å². The van der Waals surface area contributed by atoms with Crippen LogP contribution in [0.5, 0.6) is 5.75 Å². The van der Waals surface area contributed by atoms with Gasteiger partial charge >= 0.3 is 0 Å². The molecule has 0 saturated carbocycles. The van der Waals surface area contributed by atoms with Crippen molar-refractivity contribution in [1.29, 1.82) is 0 Å². The fourth-order valence-corrected chi connectivity index (χ4v) is 1.68. The molecule has 3 heteroatoms. The number of para-hydroxylation sites is 1. The van der Waals surface area contributed by atoms with Crippen LogP contribution in [0.2, 0.25) is 0 Å².